The molecule has 204 valence electrons. The van der Waals surface area contributed by atoms with Crippen LogP contribution >= 0.6 is 0 Å². The summed E-state index contributed by atoms with van der Waals surface area (Å²) in [4.78, 5) is 11.3. The Morgan fingerprint density at radius 1 is 1.16 bits per heavy atom. The highest BCUT2D eigenvalue weighted by molar-refractivity contribution is 5.66. The standard InChI is InChI=1S/C23H29NO9.C2H4O2/c1-24-5-4-23-10-2-3-12(25)21(23)33-20-13(26)7-14(9(16(20)23)6-11(10)24)31-8-15-17(27)18(28)19(29)22(30)32-15;1-2(3)4/h2-3,7,10-12,15,17-19,21-22,25-30H,4-6,8H2,1H3;1H3,(H,3,4)/t10-,11+,12-,15+,17+,18-,19+,21-,22+,23-;/m0./s1. The van der Waals surface area contributed by atoms with Crippen molar-refractivity contribution < 1.29 is 54.8 Å². The highest BCUT2D eigenvalue weighted by atomic mass is 16.6. The summed E-state index contributed by atoms with van der Waals surface area (Å²) in [5.41, 5.74) is 1.29. The summed E-state index contributed by atoms with van der Waals surface area (Å²) in [6.45, 7) is 1.71. The van der Waals surface area contributed by atoms with Crippen molar-refractivity contribution in [2.75, 3.05) is 20.2 Å². The minimum Gasteiger partial charge on any atom is -0.504 e. The average molecular weight is 524 g/mol. The zero-order valence-corrected chi connectivity index (χ0v) is 20.5. The second-order valence-corrected chi connectivity index (χ2v) is 10.4. The number of carbonyl (C=O) groups is 1. The van der Waals surface area contributed by atoms with Crippen LogP contribution in [0.25, 0.3) is 0 Å². The van der Waals surface area contributed by atoms with Crippen molar-refractivity contribution in [3.05, 3.63) is 29.3 Å². The first-order valence-electron chi connectivity index (χ1n) is 12.3. The SMILES string of the molecule is CC(=O)O.CN1CC[C@]23c4c5c(OC[C@H]6O[C@@H](O)[C@H](O)[C@@H](O)[C@@H]6O)cc(O)c4O[C@H]2[C@@H](O)C=C[C@H]3[C@H]1C5. The first kappa shape index (κ1) is 26.2. The van der Waals surface area contributed by atoms with E-state index in [1.165, 1.54) is 6.07 Å². The lowest BCUT2D eigenvalue weighted by atomic mass is 9.53. The topological polar surface area (TPSA) is 190 Å². The molecule has 2 bridgehead atoms. The van der Waals surface area contributed by atoms with Crippen LogP contribution in [0.5, 0.6) is 17.2 Å². The predicted molar refractivity (Wildman–Crippen MR) is 125 cm³/mol. The molecule has 1 aromatic carbocycles. The van der Waals surface area contributed by atoms with Gasteiger partial charge in [-0.15, -0.1) is 0 Å². The first-order chi connectivity index (χ1) is 17.5. The van der Waals surface area contributed by atoms with Crippen molar-refractivity contribution in [2.45, 2.75) is 74.1 Å². The molecule has 3 aliphatic heterocycles. The second kappa shape index (κ2) is 9.38. The van der Waals surface area contributed by atoms with Crippen LogP contribution < -0.4 is 9.47 Å². The molecular weight excluding hydrogens is 490 g/mol. The minimum absolute atomic E-state index is 0.0866. The molecule has 0 amide bonds. The van der Waals surface area contributed by atoms with E-state index in [9.17, 15) is 30.6 Å². The fourth-order valence-electron chi connectivity index (χ4n) is 6.66. The highest BCUT2D eigenvalue weighted by Crippen LogP contribution is 2.63. The number of aliphatic hydroxyl groups excluding tert-OH is 5. The summed E-state index contributed by atoms with van der Waals surface area (Å²) in [6.07, 6.45) is -3.38. The van der Waals surface area contributed by atoms with Gasteiger partial charge in [-0.1, -0.05) is 12.2 Å². The molecule has 12 heteroatoms. The van der Waals surface area contributed by atoms with Gasteiger partial charge >= 0.3 is 0 Å². The Hall–Kier alpha value is -2.45. The number of aromatic hydroxyl groups is 1. The minimum atomic E-state index is -1.65. The molecule has 12 nitrogen and oxygen atoms in total. The van der Waals surface area contributed by atoms with Crippen LogP contribution in [0, 0.1) is 5.92 Å². The molecule has 10 atom stereocenters. The zero-order valence-electron chi connectivity index (χ0n) is 20.5. The number of ether oxygens (including phenoxy) is 3. The Morgan fingerprint density at radius 2 is 1.86 bits per heavy atom. The van der Waals surface area contributed by atoms with Crippen molar-refractivity contribution in [1.82, 2.24) is 4.90 Å². The molecule has 2 fully saturated rings. The van der Waals surface area contributed by atoms with Gasteiger partial charge < -0.3 is 54.9 Å². The number of carboxylic acid groups (broad SMARTS) is 1. The van der Waals surface area contributed by atoms with Crippen LogP contribution in [0.15, 0.2) is 18.2 Å². The number of hydrogen-bond acceptors (Lipinski definition) is 11. The lowest BCUT2D eigenvalue weighted by Crippen LogP contribution is -2.64. The Bertz CT molecular complexity index is 1090. The van der Waals surface area contributed by atoms with Gasteiger partial charge in [0.1, 0.15) is 49.0 Å². The van der Waals surface area contributed by atoms with E-state index in [0.29, 0.717) is 17.9 Å². The summed E-state index contributed by atoms with van der Waals surface area (Å²) in [7, 11) is 2.08. The van der Waals surface area contributed by atoms with Gasteiger partial charge in [0.05, 0.1) is 0 Å². The molecule has 3 heterocycles. The van der Waals surface area contributed by atoms with E-state index < -0.39 is 54.3 Å². The molecule has 0 aromatic heterocycles. The van der Waals surface area contributed by atoms with Crippen LogP contribution in [0.3, 0.4) is 0 Å². The van der Waals surface area contributed by atoms with Gasteiger partial charge in [0.25, 0.3) is 5.97 Å². The number of likely N-dealkylation sites (tertiary alicyclic amines) is 1. The maximum atomic E-state index is 10.8. The molecular formula is C25H33NO11. The molecule has 1 aromatic rings. The third-order valence-electron chi connectivity index (χ3n) is 8.33. The Kier molecular flexibility index (Phi) is 6.64. The molecule has 1 spiro atoms. The fourth-order valence-corrected chi connectivity index (χ4v) is 6.66. The van der Waals surface area contributed by atoms with E-state index in [1.807, 2.05) is 0 Å². The number of phenols is 1. The molecule has 0 saturated carbocycles. The number of nitrogens with zero attached hydrogens (tertiary/aromatic N) is 1. The van der Waals surface area contributed by atoms with Gasteiger partial charge in [0, 0.05) is 41.5 Å². The van der Waals surface area contributed by atoms with E-state index in [4.69, 9.17) is 24.1 Å². The zero-order chi connectivity index (χ0) is 26.8. The lowest BCUT2D eigenvalue weighted by Gasteiger charge is -2.56. The predicted octanol–water partition coefficient (Wildman–Crippen LogP) is -1.53. The Morgan fingerprint density at radius 3 is 2.57 bits per heavy atom. The summed E-state index contributed by atoms with van der Waals surface area (Å²) < 4.78 is 17.4. The van der Waals surface area contributed by atoms with Crippen LogP contribution in [0.4, 0.5) is 0 Å². The number of hydrogen-bond donors (Lipinski definition) is 7. The van der Waals surface area contributed by atoms with Gasteiger partial charge in [-0.3, -0.25) is 4.79 Å². The number of piperidine rings is 1. The number of benzene rings is 1. The van der Waals surface area contributed by atoms with Crippen molar-refractivity contribution in [3.8, 4) is 17.2 Å². The molecule has 0 radical (unpaired) electrons. The number of phenolic OH excluding ortho intramolecular Hbond substituents is 1. The van der Waals surface area contributed by atoms with Crippen molar-refractivity contribution in [3.63, 3.8) is 0 Å². The Labute approximate surface area is 212 Å². The van der Waals surface area contributed by atoms with Crippen LogP contribution in [0.1, 0.15) is 24.5 Å². The van der Waals surface area contributed by atoms with E-state index >= 15 is 0 Å². The third kappa shape index (κ3) is 3.98. The first-order valence-corrected chi connectivity index (χ1v) is 12.3. The van der Waals surface area contributed by atoms with Gasteiger partial charge in [0.2, 0.25) is 0 Å². The maximum Gasteiger partial charge on any atom is 0.300 e. The monoisotopic (exact) mass is 523 g/mol. The third-order valence-corrected chi connectivity index (χ3v) is 8.33. The van der Waals surface area contributed by atoms with Gasteiger partial charge in [-0.05, 0) is 26.4 Å². The van der Waals surface area contributed by atoms with Crippen molar-refractivity contribution in [1.29, 1.82) is 0 Å². The summed E-state index contributed by atoms with van der Waals surface area (Å²) >= 11 is 0. The number of aliphatic carboxylic acids is 1. The highest BCUT2D eigenvalue weighted by Gasteiger charge is 2.64. The summed E-state index contributed by atoms with van der Waals surface area (Å²) in [5, 5.41) is 68.7. The lowest BCUT2D eigenvalue weighted by molar-refractivity contribution is -0.285. The van der Waals surface area contributed by atoms with E-state index in [2.05, 4.69) is 18.0 Å². The summed E-state index contributed by atoms with van der Waals surface area (Å²) in [5.74, 6) is 0.00405. The summed E-state index contributed by atoms with van der Waals surface area (Å²) in [6, 6.07) is 1.63. The van der Waals surface area contributed by atoms with Gasteiger partial charge in [-0.2, -0.15) is 0 Å². The molecule has 0 unspecified atom stereocenters. The largest absolute Gasteiger partial charge is 0.504 e. The quantitative estimate of drug-likeness (QED) is 0.227. The van der Waals surface area contributed by atoms with Gasteiger partial charge in [-0.25, -0.2) is 0 Å². The van der Waals surface area contributed by atoms with Gasteiger partial charge in [0.15, 0.2) is 17.8 Å². The normalized spacial score (nSPS) is 41.2. The molecule has 5 aliphatic rings. The maximum absolute atomic E-state index is 10.8. The molecule has 2 saturated heterocycles. The molecule has 6 rings (SSSR count). The van der Waals surface area contributed by atoms with E-state index in [1.54, 1.807) is 6.08 Å². The van der Waals surface area contributed by atoms with Crippen LogP contribution in [-0.4, -0.2) is 116 Å². The molecule has 37 heavy (non-hydrogen) atoms. The number of rotatable bonds is 3. The fraction of sp³-hybridized carbons (Fsp3) is 0.640. The Balaban J connectivity index is 0.000000655. The number of carboxylic acids is 1. The smallest absolute Gasteiger partial charge is 0.300 e. The number of aliphatic hydroxyl groups is 5. The van der Waals surface area contributed by atoms with Crippen LogP contribution in [-0.2, 0) is 21.4 Å². The van der Waals surface area contributed by atoms with Crippen molar-refractivity contribution in [2.24, 2.45) is 5.92 Å². The average Bonchev–Trinajstić information content (AvgIpc) is 3.19. The second-order valence-electron chi connectivity index (χ2n) is 10.4. The van der Waals surface area contributed by atoms with Crippen LogP contribution in [0.2, 0.25) is 0 Å². The molecule has 2 aliphatic carbocycles. The molecule has 7 N–H and O–H groups in total. The van der Waals surface area contributed by atoms with E-state index in [-0.39, 0.29) is 24.3 Å². The van der Waals surface area contributed by atoms with Crippen molar-refractivity contribution >= 4 is 5.97 Å². The van der Waals surface area contributed by atoms with E-state index in [0.717, 1.165) is 31.0 Å². The number of likely N-dealkylation sites (N-methyl/N-ethyl adjacent to an activating group) is 1.